The summed E-state index contributed by atoms with van der Waals surface area (Å²) in [5.41, 5.74) is 1.38. The van der Waals surface area contributed by atoms with E-state index in [-0.39, 0.29) is 35.7 Å². The van der Waals surface area contributed by atoms with Crippen LogP contribution in [0, 0.1) is 10.8 Å². The van der Waals surface area contributed by atoms with Crippen molar-refractivity contribution in [2.45, 2.75) is 78.1 Å². The molecule has 2 aliphatic rings. The van der Waals surface area contributed by atoms with Gasteiger partial charge in [-0.15, -0.1) is 0 Å². The Kier molecular flexibility index (Phi) is 21.7. The monoisotopic (exact) mass is 730 g/mol. The van der Waals surface area contributed by atoms with Crippen LogP contribution in [0.1, 0.15) is 109 Å². The Morgan fingerprint density at radius 2 is 0.868 bits per heavy atom. The van der Waals surface area contributed by atoms with Crippen molar-refractivity contribution in [2.75, 3.05) is 13.2 Å². The van der Waals surface area contributed by atoms with E-state index in [1.54, 1.807) is 72.8 Å². The Morgan fingerprint density at radius 1 is 0.566 bits per heavy atom. The number of aliphatic hydroxyl groups excluding tert-OH is 1. The Bertz CT molecular complexity index is 1550. The Morgan fingerprint density at radius 3 is 1.17 bits per heavy atom. The predicted molar refractivity (Wildman–Crippen MR) is 189 cm³/mol. The molecule has 0 aromatic heterocycles. The Balaban J connectivity index is 0.000000379. The highest BCUT2D eigenvalue weighted by Crippen LogP contribution is 2.38. The summed E-state index contributed by atoms with van der Waals surface area (Å²) in [4.78, 5) is 89.8. The molecule has 2 aliphatic carbocycles. The minimum absolute atomic E-state index is 0.00164. The van der Waals surface area contributed by atoms with Crippen molar-refractivity contribution in [3.05, 3.63) is 108 Å². The summed E-state index contributed by atoms with van der Waals surface area (Å²) >= 11 is 0. The summed E-state index contributed by atoms with van der Waals surface area (Å²) in [6.45, 7) is 4.86. The molecule has 3 aromatic rings. The maximum Gasteiger partial charge on any atom is 0.373 e. The highest BCUT2D eigenvalue weighted by atomic mass is 16.6. The molecule has 3 aromatic carbocycles. The fraction of sp³-hybridized carbons (Fsp3) is 0.390. The van der Waals surface area contributed by atoms with Crippen molar-refractivity contribution >= 4 is 41.8 Å². The van der Waals surface area contributed by atoms with Crippen LogP contribution in [0.3, 0.4) is 0 Å². The first kappa shape index (κ1) is 45.4. The van der Waals surface area contributed by atoms with Crippen LogP contribution in [0.15, 0.2) is 91.0 Å². The highest BCUT2D eigenvalue weighted by molar-refractivity contribution is 6.02. The number of hydrogen-bond donors (Lipinski definition) is 1. The van der Waals surface area contributed by atoms with Gasteiger partial charge in [-0.3, -0.25) is 9.59 Å². The van der Waals surface area contributed by atoms with E-state index in [9.17, 15) is 24.0 Å². The van der Waals surface area contributed by atoms with Crippen LogP contribution in [0.25, 0.3) is 0 Å². The minimum atomic E-state index is -0.639. The molecule has 5 rings (SSSR count). The molecule has 12 heteroatoms. The van der Waals surface area contributed by atoms with E-state index < -0.39 is 11.9 Å². The number of benzene rings is 3. The van der Waals surface area contributed by atoms with E-state index >= 15 is 0 Å². The number of carbonyl (C=O) groups is 5. The summed E-state index contributed by atoms with van der Waals surface area (Å²) in [6, 6.07) is 25.8. The van der Waals surface area contributed by atoms with Crippen LogP contribution in [-0.2, 0) is 38.2 Å². The SMILES string of the molecule is CCC1(CO)CCC(=O)CC1.CCC1(COC(=O)c2ccccc2)CCC(=O)CC1.O=C(OC(=O)c1ccccc1)c1ccccc1.O=C=O.O=C=O. The van der Waals surface area contributed by atoms with Gasteiger partial charge in [-0.1, -0.05) is 68.4 Å². The molecule has 0 unspecified atom stereocenters. The Hall–Kier alpha value is -5.67. The molecule has 0 amide bonds. The first-order valence-corrected chi connectivity index (χ1v) is 17.2. The number of Topliss-reactive ketones (excluding diaryl/α,β-unsaturated/α-hetero) is 2. The lowest BCUT2D eigenvalue weighted by Crippen LogP contribution is -2.32. The third-order valence-electron chi connectivity index (χ3n) is 9.30. The maximum atomic E-state index is 11.9. The summed E-state index contributed by atoms with van der Waals surface area (Å²) in [7, 11) is 0. The van der Waals surface area contributed by atoms with Gasteiger partial charge in [0.1, 0.15) is 11.6 Å². The summed E-state index contributed by atoms with van der Waals surface area (Å²) in [5.74, 6) is -0.856. The molecule has 0 atom stereocenters. The zero-order valence-corrected chi connectivity index (χ0v) is 30.1. The number of esters is 3. The van der Waals surface area contributed by atoms with Crippen molar-refractivity contribution in [2.24, 2.45) is 10.8 Å². The summed E-state index contributed by atoms with van der Waals surface area (Å²) in [5, 5.41) is 9.12. The van der Waals surface area contributed by atoms with E-state index in [0.717, 1.165) is 38.5 Å². The van der Waals surface area contributed by atoms with Gasteiger partial charge in [0.2, 0.25) is 0 Å². The van der Waals surface area contributed by atoms with Crippen LogP contribution in [0.4, 0.5) is 0 Å². The molecule has 2 fully saturated rings. The van der Waals surface area contributed by atoms with Gasteiger partial charge in [-0.25, -0.2) is 14.4 Å². The van der Waals surface area contributed by atoms with Crippen molar-refractivity contribution in [3.63, 3.8) is 0 Å². The van der Waals surface area contributed by atoms with Crippen molar-refractivity contribution in [1.82, 2.24) is 0 Å². The average Bonchev–Trinajstić information content (AvgIpc) is 3.20. The molecule has 282 valence electrons. The lowest BCUT2D eigenvalue weighted by atomic mass is 9.72. The third kappa shape index (κ3) is 16.9. The number of hydrogen-bond acceptors (Lipinski definition) is 12. The molecule has 0 spiro atoms. The molecule has 53 heavy (non-hydrogen) atoms. The minimum Gasteiger partial charge on any atom is -0.462 e. The normalized spacial score (nSPS) is 14.8. The fourth-order valence-corrected chi connectivity index (χ4v) is 5.57. The van der Waals surface area contributed by atoms with Crippen molar-refractivity contribution in [3.8, 4) is 0 Å². The zero-order valence-electron chi connectivity index (χ0n) is 30.1. The molecular weight excluding hydrogens is 684 g/mol. The van der Waals surface area contributed by atoms with Crippen LogP contribution in [-0.4, -0.2) is 60.1 Å². The lowest BCUT2D eigenvalue weighted by molar-refractivity contribution is -0.193. The third-order valence-corrected chi connectivity index (χ3v) is 9.30. The number of carbonyl (C=O) groups excluding carboxylic acids is 9. The quantitative estimate of drug-likeness (QED) is 0.198. The molecule has 0 saturated heterocycles. The standard InChI is InChI=1S/C16H20O3.C14H10O3.C9H16O2.2CO2/c1-2-16(10-8-14(17)9-11-16)12-19-15(18)13-6-4-3-5-7-13;15-13(11-7-3-1-4-8-11)17-14(16)12-9-5-2-6-10-12;1-2-9(7-10)5-3-8(11)4-6-9;2*2-1-3/h3-7H,2,8-12H2,1H3;1-10H;10H,2-7H2,1H3;;. The largest absolute Gasteiger partial charge is 0.462 e. The van der Waals surface area contributed by atoms with Gasteiger partial charge >= 0.3 is 30.2 Å². The molecular formula is C41H46O12. The average molecular weight is 731 g/mol. The maximum absolute atomic E-state index is 11.9. The smallest absolute Gasteiger partial charge is 0.373 e. The van der Waals surface area contributed by atoms with E-state index in [1.807, 2.05) is 18.2 Å². The van der Waals surface area contributed by atoms with Gasteiger partial charge in [-0.2, -0.15) is 19.2 Å². The number of ether oxygens (including phenoxy) is 2. The fourth-order valence-electron chi connectivity index (χ4n) is 5.57. The van der Waals surface area contributed by atoms with Crippen LogP contribution >= 0.6 is 0 Å². The molecule has 0 bridgehead atoms. The first-order chi connectivity index (χ1) is 25.5. The summed E-state index contributed by atoms with van der Waals surface area (Å²) in [6.07, 6.45) is 8.49. The van der Waals surface area contributed by atoms with E-state index in [1.165, 1.54) is 0 Å². The molecule has 1 N–H and O–H groups in total. The molecule has 0 radical (unpaired) electrons. The van der Waals surface area contributed by atoms with E-state index in [4.69, 9.17) is 33.8 Å². The van der Waals surface area contributed by atoms with Gasteiger partial charge in [0, 0.05) is 37.7 Å². The molecule has 2 saturated carbocycles. The highest BCUT2D eigenvalue weighted by Gasteiger charge is 2.34. The molecule has 0 aliphatic heterocycles. The second-order valence-corrected chi connectivity index (χ2v) is 12.5. The lowest BCUT2D eigenvalue weighted by Gasteiger charge is -2.35. The van der Waals surface area contributed by atoms with Gasteiger partial charge in [0.25, 0.3) is 0 Å². The second kappa shape index (κ2) is 25.3. The molecule has 12 nitrogen and oxygen atoms in total. The number of rotatable bonds is 8. The van der Waals surface area contributed by atoms with Gasteiger partial charge < -0.3 is 14.6 Å². The van der Waals surface area contributed by atoms with Gasteiger partial charge in [0.15, 0.2) is 0 Å². The second-order valence-electron chi connectivity index (χ2n) is 12.5. The van der Waals surface area contributed by atoms with Gasteiger partial charge in [0.05, 0.1) is 23.3 Å². The van der Waals surface area contributed by atoms with E-state index in [2.05, 4.69) is 13.8 Å². The van der Waals surface area contributed by atoms with Gasteiger partial charge in [-0.05, 0) is 80.3 Å². The summed E-state index contributed by atoms with van der Waals surface area (Å²) < 4.78 is 10.2. The van der Waals surface area contributed by atoms with Crippen LogP contribution < -0.4 is 0 Å². The first-order valence-electron chi connectivity index (χ1n) is 17.2. The topological polar surface area (TPSA) is 192 Å². The van der Waals surface area contributed by atoms with Crippen molar-refractivity contribution in [1.29, 1.82) is 0 Å². The van der Waals surface area contributed by atoms with E-state index in [0.29, 0.717) is 60.5 Å². The predicted octanol–water partition coefficient (Wildman–Crippen LogP) is 6.42. The Labute approximate surface area is 308 Å². The molecule has 0 heterocycles. The van der Waals surface area contributed by atoms with Crippen LogP contribution in [0.2, 0.25) is 0 Å². The number of ketones is 2. The zero-order chi connectivity index (χ0) is 39.5. The van der Waals surface area contributed by atoms with Crippen molar-refractivity contribution < 1.29 is 57.7 Å². The number of aliphatic hydroxyl groups is 1. The van der Waals surface area contributed by atoms with Crippen LogP contribution in [0.5, 0.6) is 0 Å².